The molecule has 2 aliphatic rings. The molecule has 2 unspecified atom stereocenters. The van der Waals surface area contributed by atoms with E-state index in [2.05, 4.69) is 0 Å². The fraction of sp³-hybridized carbons (Fsp3) is 0.333. The average molecular weight is 409 g/mol. The molecule has 0 aromatic heterocycles. The Kier molecular flexibility index (Phi) is 5.84. The third-order valence-electron chi connectivity index (χ3n) is 5.69. The van der Waals surface area contributed by atoms with Gasteiger partial charge in [0.1, 0.15) is 11.9 Å². The van der Waals surface area contributed by atoms with E-state index in [1.165, 1.54) is 19.2 Å². The molecule has 156 valence electrons. The van der Waals surface area contributed by atoms with Crippen molar-refractivity contribution in [3.8, 4) is 0 Å². The summed E-state index contributed by atoms with van der Waals surface area (Å²) in [5.74, 6) is -0.639. The molecule has 5 nitrogen and oxygen atoms in total. The number of carbonyl (C=O) groups is 2. The maximum atomic E-state index is 13.7. The molecule has 4 rings (SSSR count). The van der Waals surface area contributed by atoms with Crippen LogP contribution in [0.25, 0.3) is 6.08 Å². The number of rotatable bonds is 4. The fourth-order valence-electron chi connectivity index (χ4n) is 4.18. The molecular formula is C24H24FNO4. The molecule has 2 fully saturated rings. The Bertz CT molecular complexity index is 969. The summed E-state index contributed by atoms with van der Waals surface area (Å²) in [5.41, 5.74) is 1.96. The summed E-state index contributed by atoms with van der Waals surface area (Å²) in [5, 5.41) is 0. The number of hydrogen-bond donors (Lipinski definition) is 0. The van der Waals surface area contributed by atoms with Gasteiger partial charge >= 0.3 is 5.97 Å². The highest BCUT2D eigenvalue weighted by atomic mass is 19.1. The predicted molar refractivity (Wildman–Crippen MR) is 110 cm³/mol. The molecule has 1 amide bonds. The summed E-state index contributed by atoms with van der Waals surface area (Å²) in [6.07, 6.45) is 5.51. The predicted octanol–water partition coefficient (Wildman–Crippen LogP) is 4.32. The van der Waals surface area contributed by atoms with Gasteiger partial charge in [-0.05, 0) is 60.7 Å². The van der Waals surface area contributed by atoms with E-state index in [4.69, 9.17) is 9.47 Å². The second kappa shape index (κ2) is 8.69. The van der Waals surface area contributed by atoms with Crippen molar-refractivity contribution in [2.75, 3.05) is 7.11 Å². The van der Waals surface area contributed by atoms with Crippen LogP contribution >= 0.6 is 0 Å². The average Bonchev–Trinajstić information content (AvgIpc) is 2.76. The first-order valence-corrected chi connectivity index (χ1v) is 10.2. The monoisotopic (exact) mass is 409 g/mol. The Balaban J connectivity index is 1.61. The minimum absolute atomic E-state index is 0.00614. The smallest absolute Gasteiger partial charge is 0.337 e. The van der Waals surface area contributed by atoms with E-state index in [0.29, 0.717) is 12.1 Å². The van der Waals surface area contributed by atoms with Crippen LogP contribution in [0.15, 0.2) is 54.3 Å². The number of morpholine rings is 1. The molecule has 2 aromatic carbocycles. The van der Waals surface area contributed by atoms with E-state index in [-0.39, 0.29) is 29.6 Å². The lowest BCUT2D eigenvalue weighted by Gasteiger charge is -2.44. The molecule has 1 saturated carbocycles. The number of benzene rings is 2. The zero-order valence-corrected chi connectivity index (χ0v) is 16.8. The molecule has 0 bridgehead atoms. The maximum Gasteiger partial charge on any atom is 0.337 e. The third-order valence-corrected chi connectivity index (χ3v) is 5.69. The zero-order chi connectivity index (χ0) is 21.1. The zero-order valence-electron chi connectivity index (χ0n) is 16.8. The second-order valence-corrected chi connectivity index (χ2v) is 7.69. The number of amides is 1. The molecule has 1 aliphatic carbocycles. The van der Waals surface area contributed by atoms with Gasteiger partial charge in [0, 0.05) is 6.54 Å². The van der Waals surface area contributed by atoms with Crippen molar-refractivity contribution in [2.24, 2.45) is 0 Å². The highest BCUT2D eigenvalue weighted by Gasteiger charge is 2.41. The van der Waals surface area contributed by atoms with E-state index in [0.717, 1.165) is 36.8 Å². The van der Waals surface area contributed by atoms with Crippen molar-refractivity contribution in [2.45, 2.75) is 44.4 Å². The summed E-state index contributed by atoms with van der Waals surface area (Å²) in [4.78, 5) is 26.7. The SMILES string of the molecule is COC(=O)c1ccc(/C=C2/OC3CCCCC3N(Cc3cccc(F)c3)C2=O)cc1. The summed E-state index contributed by atoms with van der Waals surface area (Å²) in [6, 6.07) is 13.2. The Labute approximate surface area is 175 Å². The van der Waals surface area contributed by atoms with Crippen molar-refractivity contribution in [3.63, 3.8) is 0 Å². The number of methoxy groups -OCH3 is 1. The van der Waals surface area contributed by atoms with Crippen molar-refractivity contribution >= 4 is 18.0 Å². The normalized spacial score (nSPS) is 22.4. The number of carbonyl (C=O) groups excluding carboxylic acids is 2. The van der Waals surface area contributed by atoms with Crippen LogP contribution in [0.1, 0.15) is 47.2 Å². The molecule has 1 aliphatic heterocycles. The van der Waals surface area contributed by atoms with Gasteiger partial charge in [-0.1, -0.05) is 30.7 Å². The van der Waals surface area contributed by atoms with Gasteiger partial charge in [-0.2, -0.15) is 0 Å². The summed E-state index contributed by atoms with van der Waals surface area (Å²) >= 11 is 0. The second-order valence-electron chi connectivity index (χ2n) is 7.69. The van der Waals surface area contributed by atoms with Crippen LogP contribution in [0.5, 0.6) is 0 Å². The summed E-state index contributed by atoms with van der Waals surface area (Å²) in [7, 11) is 1.33. The Morgan fingerprint density at radius 1 is 1.20 bits per heavy atom. The fourth-order valence-corrected chi connectivity index (χ4v) is 4.18. The van der Waals surface area contributed by atoms with Gasteiger partial charge in [0.05, 0.1) is 18.7 Å². The first-order valence-electron chi connectivity index (χ1n) is 10.2. The topological polar surface area (TPSA) is 55.8 Å². The third kappa shape index (κ3) is 4.22. The maximum absolute atomic E-state index is 13.7. The molecule has 0 radical (unpaired) electrons. The quantitative estimate of drug-likeness (QED) is 0.557. The molecule has 6 heteroatoms. The molecule has 0 N–H and O–H groups in total. The van der Waals surface area contributed by atoms with Crippen LogP contribution in [0.2, 0.25) is 0 Å². The highest BCUT2D eigenvalue weighted by molar-refractivity contribution is 5.97. The van der Waals surface area contributed by atoms with Crippen molar-refractivity contribution in [1.82, 2.24) is 4.90 Å². The molecule has 0 spiro atoms. The molecule has 30 heavy (non-hydrogen) atoms. The number of esters is 1. The van der Waals surface area contributed by atoms with Crippen LogP contribution in [-0.2, 0) is 20.8 Å². The number of hydrogen-bond acceptors (Lipinski definition) is 4. The lowest BCUT2D eigenvalue weighted by atomic mass is 9.89. The number of nitrogens with zero attached hydrogens (tertiary/aromatic N) is 1. The minimum atomic E-state index is -0.412. The summed E-state index contributed by atoms with van der Waals surface area (Å²) in [6.45, 7) is 0.347. The standard InChI is InChI=1S/C24H24FNO4/c1-29-24(28)18-11-9-16(10-12-18)14-22-23(27)26(15-17-5-4-6-19(25)13-17)20-7-2-3-8-21(20)30-22/h4-6,9-14,20-21H,2-3,7-8,15H2,1H3/b22-14+. The van der Waals surface area contributed by atoms with Gasteiger partial charge in [-0.3, -0.25) is 4.79 Å². The van der Waals surface area contributed by atoms with E-state index < -0.39 is 5.97 Å². The van der Waals surface area contributed by atoms with Crippen molar-refractivity contribution in [3.05, 3.63) is 76.8 Å². The lowest BCUT2D eigenvalue weighted by Crippen LogP contribution is -2.54. The van der Waals surface area contributed by atoms with Crippen LogP contribution in [0.3, 0.4) is 0 Å². The minimum Gasteiger partial charge on any atom is -0.482 e. The van der Waals surface area contributed by atoms with E-state index in [1.54, 1.807) is 36.4 Å². The lowest BCUT2D eigenvalue weighted by molar-refractivity contribution is -0.149. The van der Waals surface area contributed by atoms with E-state index >= 15 is 0 Å². The molecule has 2 aromatic rings. The van der Waals surface area contributed by atoms with E-state index in [1.807, 2.05) is 11.0 Å². The van der Waals surface area contributed by atoms with Gasteiger partial charge in [0.25, 0.3) is 5.91 Å². The van der Waals surface area contributed by atoms with Crippen molar-refractivity contribution < 1.29 is 23.5 Å². The van der Waals surface area contributed by atoms with Gasteiger partial charge < -0.3 is 14.4 Å². The van der Waals surface area contributed by atoms with Gasteiger partial charge in [-0.25, -0.2) is 9.18 Å². The van der Waals surface area contributed by atoms with Gasteiger partial charge in [0.2, 0.25) is 0 Å². The van der Waals surface area contributed by atoms with Crippen molar-refractivity contribution in [1.29, 1.82) is 0 Å². The Hall–Kier alpha value is -3.15. The largest absolute Gasteiger partial charge is 0.482 e. The number of fused-ring (bicyclic) bond motifs is 1. The van der Waals surface area contributed by atoms with Crippen LogP contribution in [0.4, 0.5) is 4.39 Å². The van der Waals surface area contributed by atoms with Crippen LogP contribution in [-0.4, -0.2) is 36.0 Å². The van der Waals surface area contributed by atoms with Gasteiger partial charge in [0.15, 0.2) is 5.76 Å². The highest BCUT2D eigenvalue weighted by Crippen LogP contribution is 2.34. The Morgan fingerprint density at radius 3 is 2.70 bits per heavy atom. The van der Waals surface area contributed by atoms with E-state index in [9.17, 15) is 14.0 Å². The van der Waals surface area contributed by atoms with Crippen LogP contribution < -0.4 is 0 Å². The molecule has 1 heterocycles. The van der Waals surface area contributed by atoms with Gasteiger partial charge in [-0.15, -0.1) is 0 Å². The molecule has 1 saturated heterocycles. The molecular weight excluding hydrogens is 385 g/mol. The first-order chi connectivity index (χ1) is 14.5. The number of halogens is 1. The number of ether oxygens (including phenoxy) is 2. The molecule has 2 atom stereocenters. The van der Waals surface area contributed by atoms with Crippen LogP contribution in [0, 0.1) is 5.82 Å². The first kappa shape index (κ1) is 20.1. The summed E-state index contributed by atoms with van der Waals surface area (Å²) < 4.78 is 24.5. The Morgan fingerprint density at radius 2 is 1.97 bits per heavy atom.